The average molecular weight is 424 g/mol. The van der Waals surface area contributed by atoms with Crippen molar-refractivity contribution in [1.82, 2.24) is 15.7 Å². The Kier molecular flexibility index (Phi) is 6.36. The Morgan fingerprint density at radius 3 is 2.77 bits per heavy atom. The molecule has 8 heteroatoms. The third-order valence-electron chi connectivity index (χ3n) is 6.36. The van der Waals surface area contributed by atoms with Gasteiger partial charge in [0, 0.05) is 36.3 Å². The van der Waals surface area contributed by atoms with E-state index in [1.807, 2.05) is 6.07 Å². The van der Waals surface area contributed by atoms with Gasteiger partial charge in [0.1, 0.15) is 0 Å². The summed E-state index contributed by atoms with van der Waals surface area (Å²) in [5, 5.41) is 10.8. The largest absolute Gasteiger partial charge is 0.493 e. The zero-order chi connectivity index (χ0) is 21.7. The SMILES string of the molecule is COc1ccc(C[C@@]23CCN[C@H]2CC(=NNC(=O)Nc2ccncc2)CC3)cc1OC. The fraction of sp³-hybridized carbons (Fsp3) is 0.435. The van der Waals surface area contributed by atoms with Crippen LogP contribution in [0.15, 0.2) is 47.8 Å². The number of ether oxygens (including phenoxy) is 2. The molecule has 2 amide bonds. The number of hydrogen-bond donors (Lipinski definition) is 3. The van der Waals surface area contributed by atoms with Crippen LogP contribution in [0, 0.1) is 5.41 Å². The second-order valence-corrected chi connectivity index (χ2v) is 8.17. The number of nitrogens with zero attached hydrogens (tertiary/aromatic N) is 2. The number of amides is 2. The molecule has 2 aliphatic rings. The number of carbonyl (C=O) groups is 1. The number of hydrazone groups is 1. The molecule has 2 atom stereocenters. The molecule has 2 fully saturated rings. The summed E-state index contributed by atoms with van der Waals surface area (Å²) in [6, 6.07) is 9.65. The lowest BCUT2D eigenvalue weighted by atomic mass is 9.67. The average Bonchev–Trinajstić information content (AvgIpc) is 3.21. The number of pyridine rings is 1. The normalized spacial score (nSPS) is 23.8. The summed E-state index contributed by atoms with van der Waals surface area (Å²) in [4.78, 5) is 16.1. The lowest BCUT2D eigenvalue weighted by molar-refractivity contribution is 0.215. The summed E-state index contributed by atoms with van der Waals surface area (Å²) in [6.07, 6.45) is 8.12. The number of rotatable bonds is 6. The molecule has 1 saturated heterocycles. The first-order chi connectivity index (χ1) is 15.1. The Bertz CT molecular complexity index is 949. The van der Waals surface area contributed by atoms with Crippen LogP contribution in [0.25, 0.3) is 0 Å². The summed E-state index contributed by atoms with van der Waals surface area (Å²) in [6.45, 7) is 1.00. The summed E-state index contributed by atoms with van der Waals surface area (Å²) in [5.41, 5.74) is 5.78. The third-order valence-corrected chi connectivity index (χ3v) is 6.36. The zero-order valence-corrected chi connectivity index (χ0v) is 18.0. The highest BCUT2D eigenvalue weighted by Crippen LogP contribution is 2.45. The maximum Gasteiger partial charge on any atom is 0.339 e. The molecule has 1 aromatic carbocycles. The van der Waals surface area contributed by atoms with Crippen LogP contribution >= 0.6 is 0 Å². The molecule has 0 radical (unpaired) electrons. The first-order valence-corrected chi connectivity index (χ1v) is 10.6. The van der Waals surface area contributed by atoms with Gasteiger partial charge in [0.2, 0.25) is 0 Å². The van der Waals surface area contributed by atoms with E-state index in [2.05, 4.69) is 38.3 Å². The molecule has 1 aliphatic carbocycles. The topological polar surface area (TPSA) is 96.9 Å². The van der Waals surface area contributed by atoms with Crippen molar-refractivity contribution in [3.05, 3.63) is 48.3 Å². The van der Waals surface area contributed by atoms with Crippen molar-refractivity contribution in [3.63, 3.8) is 0 Å². The number of urea groups is 1. The quantitative estimate of drug-likeness (QED) is 0.619. The monoisotopic (exact) mass is 423 g/mol. The minimum atomic E-state index is -0.347. The second-order valence-electron chi connectivity index (χ2n) is 8.17. The molecule has 8 nitrogen and oxygen atoms in total. The number of benzene rings is 1. The van der Waals surface area contributed by atoms with E-state index in [-0.39, 0.29) is 11.4 Å². The number of fused-ring (bicyclic) bond motifs is 1. The number of hydrogen-bond acceptors (Lipinski definition) is 6. The number of aromatic nitrogens is 1. The fourth-order valence-corrected chi connectivity index (χ4v) is 4.73. The third kappa shape index (κ3) is 4.80. The highest BCUT2D eigenvalue weighted by Gasteiger charge is 2.45. The maximum absolute atomic E-state index is 12.1. The Labute approximate surface area is 182 Å². The standard InChI is InChI=1S/C23H29N5O3/c1-30-19-4-3-16(13-20(19)31-2)15-23-8-5-18(14-21(23)25-12-9-23)27-28-22(29)26-17-6-10-24-11-7-17/h3-4,6-7,10-11,13,21,25H,5,8-9,12,14-15H2,1-2H3,(H2,24,26,28,29)/t21-,23+/m0/s1. The first kappa shape index (κ1) is 21.1. The molecular weight excluding hydrogens is 394 g/mol. The van der Waals surface area contributed by atoms with Gasteiger partial charge in [0.05, 0.1) is 14.2 Å². The van der Waals surface area contributed by atoms with Crippen molar-refractivity contribution < 1.29 is 14.3 Å². The minimum Gasteiger partial charge on any atom is -0.493 e. The molecule has 2 aromatic rings. The van der Waals surface area contributed by atoms with Gasteiger partial charge in [-0.2, -0.15) is 5.10 Å². The summed E-state index contributed by atoms with van der Waals surface area (Å²) in [7, 11) is 3.32. The van der Waals surface area contributed by atoms with Gasteiger partial charge in [-0.1, -0.05) is 6.07 Å². The van der Waals surface area contributed by atoms with Crippen LogP contribution in [-0.4, -0.2) is 43.5 Å². The van der Waals surface area contributed by atoms with Gasteiger partial charge in [-0.15, -0.1) is 0 Å². The van der Waals surface area contributed by atoms with Crippen molar-refractivity contribution in [2.24, 2.45) is 10.5 Å². The van der Waals surface area contributed by atoms with Crippen LogP contribution in [0.1, 0.15) is 31.2 Å². The van der Waals surface area contributed by atoms with E-state index in [4.69, 9.17) is 9.47 Å². The van der Waals surface area contributed by atoms with Crippen molar-refractivity contribution in [2.45, 2.75) is 38.1 Å². The zero-order valence-electron chi connectivity index (χ0n) is 18.0. The van der Waals surface area contributed by atoms with E-state index < -0.39 is 0 Å². The Morgan fingerprint density at radius 1 is 1.19 bits per heavy atom. The molecule has 3 N–H and O–H groups in total. The van der Waals surface area contributed by atoms with Gasteiger partial charge in [0.25, 0.3) is 0 Å². The molecule has 2 heterocycles. The molecule has 0 bridgehead atoms. The van der Waals surface area contributed by atoms with Crippen molar-refractivity contribution in [2.75, 3.05) is 26.1 Å². The predicted molar refractivity (Wildman–Crippen MR) is 120 cm³/mol. The van der Waals surface area contributed by atoms with Crippen LogP contribution < -0.4 is 25.5 Å². The van der Waals surface area contributed by atoms with Crippen molar-refractivity contribution in [1.29, 1.82) is 0 Å². The smallest absolute Gasteiger partial charge is 0.339 e. The lowest BCUT2D eigenvalue weighted by Crippen LogP contribution is -2.44. The number of methoxy groups -OCH3 is 2. The van der Waals surface area contributed by atoms with Crippen LogP contribution in [0.2, 0.25) is 0 Å². The Balaban J connectivity index is 1.39. The van der Waals surface area contributed by atoms with E-state index in [9.17, 15) is 4.79 Å². The summed E-state index contributed by atoms with van der Waals surface area (Å²) in [5.74, 6) is 1.51. The molecule has 164 valence electrons. The summed E-state index contributed by atoms with van der Waals surface area (Å²) >= 11 is 0. The van der Waals surface area contributed by atoms with E-state index >= 15 is 0 Å². The van der Waals surface area contributed by atoms with E-state index in [1.165, 1.54) is 5.56 Å². The van der Waals surface area contributed by atoms with Crippen LogP contribution in [0.5, 0.6) is 11.5 Å². The van der Waals surface area contributed by atoms with Crippen LogP contribution in [0.3, 0.4) is 0 Å². The van der Waals surface area contributed by atoms with Gasteiger partial charge in [-0.05, 0) is 67.5 Å². The molecule has 1 aliphatic heterocycles. The highest BCUT2D eigenvalue weighted by molar-refractivity contribution is 5.92. The van der Waals surface area contributed by atoms with Crippen LogP contribution in [-0.2, 0) is 6.42 Å². The summed E-state index contributed by atoms with van der Waals surface area (Å²) < 4.78 is 10.8. The molecule has 1 aromatic heterocycles. The second kappa shape index (κ2) is 9.34. The van der Waals surface area contributed by atoms with Gasteiger partial charge in [-0.3, -0.25) is 4.98 Å². The lowest BCUT2D eigenvalue weighted by Gasteiger charge is -2.40. The molecule has 1 saturated carbocycles. The first-order valence-electron chi connectivity index (χ1n) is 10.6. The predicted octanol–water partition coefficient (Wildman–Crippen LogP) is 3.35. The fourth-order valence-electron chi connectivity index (χ4n) is 4.73. The van der Waals surface area contributed by atoms with E-state index in [1.54, 1.807) is 38.7 Å². The molecule has 0 spiro atoms. The minimum absolute atomic E-state index is 0.192. The highest BCUT2D eigenvalue weighted by atomic mass is 16.5. The van der Waals surface area contributed by atoms with E-state index in [0.717, 1.165) is 55.9 Å². The molecule has 0 unspecified atom stereocenters. The molecule has 31 heavy (non-hydrogen) atoms. The van der Waals surface area contributed by atoms with Crippen molar-refractivity contribution >= 4 is 17.4 Å². The number of anilines is 1. The van der Waals surface area contributed by atoms with Gasteiger partial charge in [-0.25, -0.2) is 10.2 Å². The Hall–Kier alpha value is -3.13. The van der Waals surface area contributed by atoms with Crippen molar-refractivity contribution in [3.8, 4) is 11.5 Å². The maximum atomic E-state index is 12.1. The number of carbonyl (C=O) groups excluding carboxylic acids is 1. The van der Waals surface area contributed by atoms with Gasteiger partial charge < -0.3 is 20.1 Å². The molecular formula is C23H29N5O3. The van der Waals surface area contributed by atoms with Crippen LogP contribution in [0.4, 0.5) is 10.5 Å². The Morgan fingerprint density at radius 2 is 2.00 bits per heavy atom. The number of nitrogens with one attached hydrogen (secondary N) is 3. The molecule has 4 rings (SSSR count). The van der Waals surface area contributed by atoms with Gasteiger partial charge >= 0.3 is 6.03 Å². The van der Waals surface area contributed by atoms with E-state index in [0.29, 0.717) is 11.7 Å². The van der Waals surface area contributed by atoms with Gasteiger partial charge in [0.15, 0.2) is 11.5 Å².